The van der Waals surface area contributed by atoms with E-state index in [0.29, 0.717) is 5.56 Å². The van der Waals surface area contributed by atoms with Crippen molar-refractivity contribution >= 4 is 5.91 Å². The van der Waals surface area contributed by atoms with Gasteiger partial charge in [-0.25, -0.2) is 8.78 Å². The number of nitriles is 1. The van der Waals surface area contributed by atoms with Crippen LogP contribution in [0.2, 0.25) is 0 Å². The molecule has 0 bridgehead atoms. The highest BCUT2D eigenvalue weighted by atomic mass is 19.3. The molecule has 2 saturated heterocycles. The van der Waals surface area contributed by atoms with Crippen LogP contribution in [-0.2, 0) is 11.3 Å². The smallest absolute Gasteiger partial charge is 0.251 e. The van der Waals surface area contributed by atoms with E-state index in [0.717, 1.165) is 38.0 Å². The third-order valence-electron chi connectivity index (χ3n) is 5.21. The predicted octanol–water partition coefficient (Wildman–Crippen LogP) is 3.03. The van der Waals surface area contributed by atoms with Crippen LogP contribution in [0.25, 0.3) is 0 Å². The van der Waals surface area contributed by atoms with E-state index < -0.39 is 5.92 Å². The highest BCUT2D eigenvalue weighted by molar-refractivity contribution is 5.79. The molecular formula is C19H23F2N3O. The van der Waals surface area contributed by atoms with Crippen molar-refractivity contribution in [2.24, 2.45) is 5.92 Å². The fourth-order valence-corrected chi connectivity index (χ4v) is 3.65. The number of nitrogens with zero attached hydrogens (tertiary/aromatic N) is 3. The molecule has 2 aliphatic heterocycles. The number of carbonyl (C=O) groups is 1. The highest BCUT2D eigenvalue weighted by Gasteiger charge is 2.37. The number of carbonyl (C=O) groups excluding carboxylic acids is 1. The van der Waals surface area contributed by atoms with Gasteiger partial charge in [0.15, 0.2) is 0 Å². The predicted molar refractivity (Wildman–Crippen MR) is 89.9 cm³/mol. The molecule has 2 fully saturated rings. The van der Waals surface area contributed by atoms with E-state index in [1.165, 1.54) is 0 Å². The summed E-state index contributed by atoms with van der Waals surface area (Å²) in [5, 5.41) is 8.97. The Bertz CT molecular complexity index is 653. The Hall–Kier alpha value is -2.00. The summed E-state index contributed by atoms with van der Waals surface area (Å²) in [7, 11) is 0. The minimum Gasteiger partial charge on any atom is -0.342 e. The van der Waals surface area contributed by atoms with Crippen molar-refractivity contribution in [2.45, 2.75) is 38.2 Å². The molecule has 0 unspecified atom stereocenters. The van der Waals surface area contributed by atoms with E-state index in [9.17, 15) is 13.6 Å². The van der Waals surface area contributed by atoms with Crippen LogP contribution in [0.4, 0.5) is 8.78 Å². The van der Waals surface area contributed by atoms with Crippen molar-refractivity contribution in [3.63, 3.8) is 0 Å². The highest BCUT2D eigenvalue weighted by Crippen LogP contribution is 2.30. The number of likely N-dealkylation sites (tertiary alicyclic amines) is 2. The second-order valence-electron chi connectivity index (χ2n) is 7.04. The van der Waals surface area contributed by atoms with Gasteiger partial charge < -0.3 is 4.90 Å². The number of alkyl halides is 2. The SMILES string of the molecule is N#Cc1cccc(CN2CCC(C(=O)N3CCC(F)(F)CC3)CC2)c1. The van der Waals surface area contributed by atoms with Crippen LogP contribution in [0.3, 0.4) is 0 Å². The minimum atomic E-state index is -2.61. The van der Waals surface area contributed by atoms with E-state index in [4.69, 9.17) is 5.26 Å². The molecule has 2 heterocycles. The van der Waals surface area contributed by atoms with E-state index in [1.807, 2.05) is 18.2 Å². The number of piperidine rings is 2. The van der Waals surface area contributed by atoms with Gasteiger partial charge in [-0.2, -0.15) is 5.26 Å². The summed E-state index contributed by atoms with van der Waals surface area (Å²) < 4.78 is 26.5. The summed E-state index contributed by atoms with van der Waals surface area (Å²) in [6.45, 7) is 2.75. The quantitative estimate of drug-likeness (QED) is 0.844. The first-order chi connectivity index (χ1) is 12.0. The lowest BCUT2D eigenvalue weighted by molar-refractivity contribution is -0.143. The van der Waals surface area contributed by atoms with Gasteiger partial charge in [-0.3, -0.25) is 9.69 Å². The molecular weight excluding hydrogens is 324 g/mol. The Morgan fingerprint density at radius 1 is 1.20 bits per heavy atom. The van der Waals surface area contributed by atoms with Gasteiger partial charge in [0, 0.05) is 38.4 Å². The van der Waals surface area contributed by atoms with E-state index in [-0.39, 0.29) is 37.8 Å². The Morgan fingerprint density at radius 3 is 2.52 bits per heavy atom. The van der Waals surface area contributed by atoms with Gasteiger partial charge >= 0.3 is 0 Å². The number of hydrogen-bond donors (Lipinski definition) is 0. The normalized spacial score (nSPS) is 21.7. The number of rotatable bonds is 3. The summed E-state index contributed by atoms with van der Waals surface area (Å²) >= 11 is 0. The molecule has 0 spiro atoms. The molecule has 0 aliphatic carbocycles. The van der Waals surface area contributed by atoms with Gasteiger partial charge in [0.25, 0.3) is 5.92 Å². The van der Waals surface area contributed by atoms with Gasteiger partial charge in [-0.05, 0) is 43.6 Å². The maximum Gasteiger partial charge on any atom is 0.251 e. The van der Waals surface area contributed by atoms with E-state index in [2.05, 4.69) is 11.0 Å². The lowest BCUT2D eigenvalue weighted by Crippen LogP contribution is -2.47. The van der Waals surface area contributed by atoms with Crippen molar-refractivity contribution in [3.05, 3.63) is 35.4 Å². The molecule has 4 nitrogen and oxygen atoms in total. The van der Waals surface area contributed by atoms with Crippen LogP contribution in [0.1, 0.15) is 36.8 Å². The number of benzene rings is 1. The van der Waals surface area contributed by atoms with Crippen molar-refractivity contribution in [3.8, 4) is 6.07 Å². The zero-order valence-corrected chi connectivity index (χ0v) is 14.3. The van der Waals surface area contributed by atoms with Gasteiger partial charge in [0.2, 0.25) is 5.91 Å². The van der Waals surface area contributed by atoms with Gasteiger partial charge in [-0.1, -0.05) is 12.1 Å². The summed E-state index contributed by atoms with van der Waals surface area (Å²) in [5.74, 6) is -2.62. The average molecular weight is 347 g/mol. The van der Waals surface area contributed by atoms with Crippen molar-refractivity contribution < 1.29 is 13.6 Å². The standard InChI is InChI=1S/C19H23F2N3O/c20-19(21)6-10-24(11-7-19)18(25)17-4-8-23(9-5-17)14-16-3-1-2-15(12-16)13-22/h1-3,12,17H,4-11,14H2. The summed E-state index contributed by atoms with van der Waals surface area (Å²) in [5.41, 5.74) is 1.76. The second-order valence-corrected chi connectivity index (χ2v) is 7.04. The fourth-order valence-electron chi connectivity index (χ4n) is 3.65. The Balaban J connectivity index is 1.48. The molecule has 0 atom stereocenters. The minimum absolute atomic E-state index is 0.0432. The van der Waals surface area contributed by atoms with Crippen LogP contribution < -0.4 is 0 Å². The van der Waals surface area contributed by atoms with Crippen LogP contribution in [0, 0.1) is 17.2 Å². The first kappa shape index (κ1) is 17.8. The number of halogens is 2. The first-order valence-electron chi connectivity index (χ1n) is 8.85. The molecule has 134 valence electrons. The van der Waals surface area contributed by atoms with E-state index in [1.54, 1.807) is 11.0 Å². The third kappa shape index (κ3) is 4.55. The lowest BCUT2D eigenvalue weighted by Gasteiger charge is -2.37. The Kier molecular flexibility index (Phi) is 5.33. The largest absolute Gasteiger partial charge is 0.342 e. The molecule has 0 N–H and O–H groups in total. The molecule has 0 radical (unpaired) electrons. The molecule has 3 rings (SSSR count). The first-order valence-corrected chi connectivity index (χ1v) is 8.85. The van der Waals surface area contributed by atoms with Crippen LogP contribution in [0.5, 0.6) is 0 Å². The van der Waals surface area contributed by atoms with Crippen LogP contribution >= 0.6 is 0 Å². The zero-order valence-electron chi connectivity index (χ0n) is 14.3. The third-order valence-corrected chi connectivity index (χ3v) is 5.21. The van der Waals surface area contributed by atoms with Gasteiger partial charge in [0.05, 0.1) is 11.6 Å². The maximum atomic E-state index is 13.2. The average Bonchev–Trinajstić information content (AvgIpc) is 2.62. The summed E-state index contributed by atoms with van der Waals surface area (Å²) in [4.78, 5) is 16.4. The lowest BCUT2D eigenvalue weighted by atomic mass is 9.93. The number of amides is 1. The molecule has 2 aliphatic rings. The monoisotopic (exact) mass is 347 g/mol. The summed E-state index contributed by atoms with van der Waals surface area (Å²) in [6.07, 6.45) is 1.10. The Morgan fingerprint density at radius 2 is 1.88 bits per heavy atom. The number of hydrogen-bond acceptors (Lipinski definition) is 3. The van der Waals surface area contributed by atoms with Crippen LogP contribution in [0.15, 0.2) is 24.3 Å². The molecule has 1 aromatic carbocycles. The molecule has 0 aromatic heterocycles. The van der Waals surface area contributed by atoms with Crippen LogP contribution in [-0.4, -0.2) is 47.8 Å². The topological polar surface area (TPSA) is 47.3 Å². The molecule has 6 heteroatoms. The molecule has 25 heavy (non-hydrogen) atoms. The molecule has 1 amide bonds. The molecule has 1 aromatic rings. The Labute approximate surface area is 147 Å². The van der Waals surface area contributed by atoms with Crippen molar-refractivity contribution in [1.82, 2.24) is 9.80 Å². The van der Waals surface area contributed by atoms with Gasteiger partial charge in [-0.15, -0.1) is 0 Å². The maximum absolute atomic E-state index is 13.2. The summed E-state index contributed by atoms with van der Waals surface area (Å²) in [6, 6.07) is 9.72. The van der Waals surface area contributed by atoms with Crippen molar-refractivity contribution in [1.29, 1.82) is 5.26 Å². The second kappa shape index (κ2) is 7.49. The molecule has 0 saturated carbocycles. The van der Waals surface area contributed by atoms with Crippen molar-refractivity contribution in [2.75, 3.05) is 26.2 Å². The fraction of sp³-hybridized carbons (Fsp3) is 0.579. The zero-order chi connectivity index (χ0) is 17.9. The van der Waals surface area contributed by atoms with Gasteiger partial charge in [0.1, 0.15) is 0 Å². The van der Waals surface area contributed by atoms with E-state index >= 15 is 0 Å².